The van der Waals surface area contributed by atoms with E-state index in [9.17, 15) is 0 Å². The van der Waals surface area contributed by atoms with Gasteiger partial charge in [-0.05, 0) is 25.1 Å². The summed E-state index contributed by atoms with van der Waals surface area (Å²) >= 11 is 3.47. The van der Waals surface area contributed by atoms with Crippen LogP contribution in [-0.4, -0.2) is 9.78 Å². The third kappa shape index (κ3) is 2.28. The first kappa shape index (κ1) is 12.7. The summed E-state index contributed by atoms with van der Waals surface area (Å²) in [7, 11) is 1.92. The molecule has 4 nitrogen and oxygen atoms in total. The number of hydrogen-bond donors (Lipinski definition) is 1. The number of benzene rings is 1. The van der Waals surface area contributed by atoms with Gasteiger partial charge in [-0.3, -0.25) is 4.68 Å². The van der Waals surface area contributed by atoms with Gasteiger partial charge in [0.2, 0.25) is 0 Å². The number of halogens is 1. The van der Waals surface area contributed by atoms with Crippen molar-refractivity contribution in [2.45, 2.75) is 25.5 Å². The predicted molar refractivity (Wildman–Crippen MR) is 77.0 cm³/mol. The molecule has 1 aromatic carbocycles. The smallest absolute Gasteiger partial charge is 0.129 e. The van der Waals surface area contributed by atoms with Crippen LogP contribution in [0.25, 0.3) is 0 Å². The van der Waals surface area contributed by atoms with Crippen LogP contribution in [0.1, 0.15) is 35.4 Å². The molecule has 1 aliphatic rings. The van der Waals surface area contributed by atoms with Gasteiger partial charge in [0.1, 0.15) is 11.9 Å². The summed E-state index contributed by atoms with van der Waals surface area (Å²) in [6.07, 6.45) is 2.77. The third-order valence-corrected chi connectivity index (χ3v) is 4.00. The minimum atomic E-state index is -0.0163. The Morgan fingerprint density at radius 2 is 2.21 bits per heavy atom. The second-order valence-corrected chi connectivity index (χ2v) is 5.89. The van der Waals surface area contributed by atoms with E-state index < -0.39 is 0 Å². The molecule has 19 heavy (non-hydrogen) atoms. The second-order valence-electron chi connectivity index (χ2n) is 4.97. The molecular weight excluding hydrogens is 306 g/mol. The molecule has 0 bridgehead atoms. The van der Waals surface area contributed by atoms with E-state index in [0.717, 1.165) is 33.5 Å². The van der Waals surface area contributed by atoms with Crippen molar-refractivity contribution in [1.29, 1.82) is 0 Å². The summed E-state index contributed by atoms with van der Waals surface area (Å²) < 4.78 is 8.93. The summed E-state index contributed by atoms with van der Waals surface area (Å²) in [5.41, 5.74) is 9.45. The van der Waals surface area contributed by atoms with Crippen LogP contribution < -0.4 is 10.5 Å². The molecule has 0 saturated heterocycles. The molecule has 3 rings (SSSR count). The Balaban J connectivity index is 1.97. The normalized spacial score (nSPS) is 21.9. The molecule has 2 N–H and O–H groups in total. The fourth-order valence-electron chi connectivity index (χ4n) is 2.60. The van der Waals surface area contributed by atoms with Crippen LogP contribution in [0.15, 0.2) is 28.9 Å². The number of aryl methyl sites for hydroxylation is 2. The lowest BCUT2D eigenvalue weighted by Gasteiger charge is -2.30. The first-order valence-corrected chi connectivity index (χ1v) is 7.05. The molecule has 2 heterocycles. The maximum atomic E-state index is 6.27. The molecule has 0 aliphatic carbocycles. The van der Waals surface area contributed by atoms with Gasteiger partial charge < -0.3 is 10.5 Å². The second kappa shape index (κ2) is 4.65. The van der Waals surface area contributed by atoms with Crippen molar-refractivity contribution in [3.8, 4) is 5.75 Å². The molecule has 5 heteroatoms. The van der Waals surface area contributed by atoms with E-state index in [1.165, 1.54) is 0 Å². The Hall–Kier alpha value is -1.33. The molecule has 0 spiro atoms. The molecule has 1 aliphatic heterocycles. The monoisotopic (exact) mass is 321 g/mol. The van der Waals surface area contributed by atoms with Gasteiger partial charge in [-0.1, -0.05) is 15.9 Å². The van der Waals surface area contributed by atoms with E-state index >= 15 is 0 Å². The van der Waals surface area contributed by atoms with Crippen molar-refractivity contribution in [2.24, 2.45) is 12.8 Å². The van der Waals surface area contributed by atoms with E-state index in [2.05, 4.69) is 21.0 Å². The zero-order valence-electron chi connectivity index (χ0n) is 10.9. The van der Waals surface area contributed by atoms with Crippen LogP contribution in [0, 0.1) is 6.92 Å². The molecular formula is C14H16BrN3O. The van der Waals surface area contributed by atoms with Gasteiger partial charge in [0, 0.05) is 41.3 Å². The molecule has 2 atom stereocenters. The van der Waals surface area contributed by atoms with Gasteiger partial charge >= 0.3 is 0 Å². The Morgan fingerprint density at radius 1 is 1.42 bits per heavy atom. The maximum absolute atomic E-state index is 6.27. The van der Waals surface area contributed by atoms with Gasteiger partial charge in [-0.2, -0.15) is 5.10 Å². The number of ether oxygens (including phenoxy) is 1. The number of nitrogens with two attached hydrogens (primary N) is 1. The Bertz CT molecular complexity index is 623. The number of fused-ring (bicyclic) bond motifs is 1. The van der Waals surface area contributed by atoms with Crippen LogP contribution in [0.2, 0.25) is 0 Å². The van der Waals surface area contributed by atoms with E-state index in [0.29, 0.717) is 0 Å². The molecule has 0 amide bonds. The van der Waals surface area contributed by atoms with Gasteiger partial charge in [0.25, 0.3) is 0 Å². The minimum absolute atomic E-state index is 0.00847. The molecule has 1 unspecified atom stereocenters. The first-order chi connectivity index (χ1) is 9.04. The summed E-state index contributed by atoms with van der Waals surface area (Å²) in [6.45, 7) is 2.00. The van der Waals surface area contributed by atoms with Crippen LogP contribution >= 0.6 is 15.9 Å². The van der Waals surface area contributed by atoms with Gasteiger partial charge in [-0.25, -0.2) is 0 Å². The van der Waals surface area contributed by atoms with E-state index in [1.807, 2.05) is 43.0 Å². The van der Waals surface area contributed by atoms with Crippen LogP contribution in [-0.2, 0) is 7.05 Å². The average molecular weight is 322 g/mol. The van der Waals surface area contributed by atoms with Crippen molar-refractivity contribution in [1.82, 2.24) is 9.78 Å². The lowest BCUT2D eigenvalue weighted by atomic mass is 9.94. The molecule has 2 aromatic rings. The van der Waals surface area contributed by atoms with Crippen molar-refractivity contribution in [3.05, 3.63) is 45.7 Å². The molecule has 0 radical (unpaired) electrons. The van der Waals surface area contributed by atoms with Crippen LogP contribution in [0.3, 0.4) is 0 Å². The quantitative estimate of drug-likeness (QED) is 0.878. The minimum Gasteiger partial charge on any atom is -0.485 e. The number of nitrogens with zero attached hydrogens (tertiary/aromatic N) is 2. The first-order valence-electron chi connectivity index (χ1n) is 6.26. The fraction of sp³-hybridized carbons (Fsp3) is 0.357. The van der Waals surface area contributed by atoms with E-state index in [1.54, 1.807) is 0 Å². The van der Waals surface area contributed by atoms with Gasteiger partial charge in [0.15, 0.2) is 0 Å². The highest BCUT2D eigenvalue weighted by Gasteiger charge is 2.29. The Morgan fingerprint density at radius 3 is 2.89 bits per heavy atom. The lowest BCUT2D eigenvalue weighted by Crippen LogP contribution is -2.24. The number of aromatic nitrogens is 2. The van der Waals surface area contributed by atoms with Crippen LogP contribution in [0.5, 0.6) is 5.75 Å². The van der Waals surface area contributed by atoms with Crippen molar-refractivity contribution < 1.29 is 4.74 Å². The van der Waals surface area contributed by atoms with Crippen molar-refractivity contribution in [2.75, 3.05) is 0 Å². The fourth-order valence-corrected chi connectivity index (χ4v) is 2.98. The van der Waals surface area contributed by atoms with E-state index in [4.69, 9.17) is 10.5 Å². The summed E-state index contributed by atoms with van der Waals surface area (Å²) in [6, 6.07) is 5.97. The zero-order valence-corrected chi connectivity index (χ0v) is 12.5. The maximum Gasteiger partial charge on any atom is 0.129 e. The van der Waals surface area contributed by atoms with Crippen LogP contribution in [0.4, 0.5) is 0 Å². The molecule has 0 saturated carbocycles. The van der Waals surface area contributed by atoms with Crippen molar-refractivity contribution in [3.63, 3.8) is 0 Å². The highest BCUT2D eigenvalue weighted by Crippen LogP contribution is 2.41. The van der Waals surface area contributed by atoms with Crippen molar-refractivity contribution >= 4 is 15.9 Å². The van der Waals surface area contributed by atoms with Gasteiger partial charge in [-0.15, -0.1) is 0 Å². The summed E-state index contributed by atoms with van der Waals surface area (Å²) in [5, 5.41) is 4.37. The highest BCUT2D eigenvalue weighted by molar-refractivity contribution is 9.10. The standard InChI is InChI=1S/C14H16BrN3O/c1-8-11(7-18(2)17-8)14-6-12(16)10-5-9(15)3-4-13(10)19-14/h3-5,7,12,14H,6,16H2,1-2H3/t12-,14?/m0/s1. The SMILES string of the molecule is Cc1nn(C)cc1C1C[C@H](N)c2cc(Br)ccc2O1. The predicted octanol–water partition coefficient (Wildman–Crippen LogP) is 3.01. The molecule has 0 fully saturated rings. The largest absolute Gasteiger partial charge is 0.485 e. The number of hydrogen-bond acceptors (Lipinski definition) is 3. The van der Waals surface area contributed by atoms with Gasteiger partial charge in [0.05, 0.1) is 5.69 Å². The zero-order chi connectivity index (χ0) is 13.6. The number of rotatable bonds is 1. The average Bonchev–Trinajstić information content (AvgIpc) is 2.69. The Kier molecular flexibility index (Phi) is 3.11. The third-order valence-electron chi connectivity index (χ3n) is 3.51. The molecule has 100 valence electrons. The summed E-state index contributed by atoms with van der Waals surface area (Å²) in [4.78, 5) is 0. The highest BCUT2D eigenvalue weighted by atomic mass is 79.9. The lowest BCUT2D eigenvalue weighted by molar-refractivity contribution is 0.161. The Labute approximate surface area is 120 Å². The summed E-state index contributed by atoms with van der Waals surface area (Å²) in [5.74, 6) is 0.871. The molecule has 1 aromatic heterocycles. The van der Waals surface area contributed by atoms with E-state index in [-0.39, 0.29) is 12.1 Å². The topological polar surface area (TPSA) is 53.1 Å².